The van der Waals surface area contributed by atoms with Crippen molar-refractivity contribution in [2.45, 2.75) is 57.9 Å². The number of benzene rings is 3. The minimum Gasteiger partial charge on any atom is -0.872 e. The molecule has 0 saturated heterocycles. The first-order valence-corrected chi connectivity index (χ1v) is 11.1. The van der Waals surface area contributed by atoms with Crippen molar-refractivity contribution in [3.8, 4) is 5.75 Å². The topological polar surface area (TPSA) is 72.7 Å². The van der Waals surface area contributed by atoms with E-state index in [1.165, 1.54) is 6.21 Å². The van der Waals surface area contributed by atoms with E-state index in [1.54, 1.807) is 48.5 Å². The van der Waals surface area contributed by atoms with Gasteiger partial charge in [0.1, 0.15) is 0 Å². The first-order chi connectivity index (χ1) is 15.4. The first kappa shape index (κ1) is 28.5. The normalized spacial score (nSPS) is 12.4. The zero-order valence-corrected chi connectivity index (χ0v) is 24.3. The Balaban J connectivity index is 0.00000408. The molecule has 0 aliphatic rings. The Labute approximate surface area is 245 Å². The van der Waals surface area contributed by atoms with Crippen LogP contribution in [-0.2, 0) is 21.2 Å². The van der Waals surface area contributed by atoms with Crippen molar-refractivity contribution in [2.24, 2.45) is 4.99 Å². The standard InChI is InChI=1S/C29H33NO3.K/c1-27(2,3)23-17-20(25(31)24(18-23)28(4,5)6)19-30-29(26(32)33,21-13-9-7-10-14-21)22-15-11-8-12-16-22;/h7-19,31H,1-6H3,(H,32,33);/q;+1/p-1. The number of carbonyl (C=O) groups is 1. The van der Waals surface area contributed by atoms with E-state index in [0.717, 1.165) is 5.56 Å². The van der Waals surface area contributed by atoms with Gasteiger partial charge in [0.25, 0.3) is 0 Å². The molecule has 0 fully saturated rings. The van der Waals surface area contributed by atoms with Crippen LogP contribution < -0.4 is 56.5 Å². The molecule has 172 valence electrons. The summed E-state index contributed by atoms with van der Waals surface area (Å²) in [6.07, 6.45) is 1.45. The molecule has 0 aromatic heterocycles. The molecule has 1 N–H and O–H groups in total. The summed E-state index contributed by atoms with van der Waals surface area (Å²) in [4.78, 5) is 17.4. The second-order valence-corrected chi connectivity index (χ2v) is 10.4. The maximum atomic E-state index is 13.4. The summed E-state index contributed by atoms with van der Waals surface area (Å²) in [5, 5.41) is 23.9. The summed E-state index contributed by atoms with van der Waals surface area (Å²) in [5.41, 5.74) is 0.929. The predicted octanol–water partition coefficient (Wildman–Crippen LogP) is 2.81. The molecule has 34 heavy (non-hydrogen) atoms. The summed E-state index contributed by atoms with van der Waals surface area (Å²) in [5.74, 6) is -1.23. The summed E-state index contributed by atoms with van der Waals surface area (Å²) in [7, 11) is 0. The van der Waals surface area contributed by atoms with Gasteiger partial charge in [-0.25, -0.2) is 4.79 Å². The summed E-state index contributed by atoms with van der Waals surface area (Å²) in [6, 6.07) is 21.7. The molecular formula is C29H32KNO3. The molecule has 3 aromatic rings. The Morgan fingerprint density at radius 3 is 1.65 bits per heavy atom. The van der Waals surface area contributed by atoms with E-state index in [2.05, 4.69) is 25.8 Å². The van der Waals surface area contributed by atoms with E-state index in [-0.39, 0.29) is 68.0 Å². The van der Waals surface area contributed by atoms with Gasteiger partial charge in [0.2, 0.25) is 5.54 Å². The molecule has 0 spiro atoms. The predicted molar refractivity (Wildman–Crippen MR) is 132 cm³/mol. The Bertz CT molecular complexity index is 1120. The number of rotatable bonds is 5. The average molecular weight is 482 g/mol. The van der Waals surface area contributed by atoms with Gasteiger partial charge in [0.05, 0.1) is 0 Å². The van der Waals surface area contributed by atoms with E-state index in [9.17, 15) is 15.0 Å². The van der Waals surface area contributed by atoms with Gasteiger partial charge in [-0.3, -0.25) is 4.99 Å². The van der Waals surface area contributed by atoms with Crippen molar-refractivity contribution in [2.75, 3.05) is 0 Å². The van der Waals surface area contributed by atoms with Crippen LogP contribution in [0.2, 0.25) is 0 Å². The van der Waals surface area contributed by atoms with Crippen LogP contribution in [0.3, 0.4) is 0 Å². The van der Waals surface area contributed by atoms with E-state index in [4.69, 9.17) is 0 Å². The van der Waals surface area contributed by atoms with Gasteiger partial charge in [0, 0.05) is 6.21 Å². The average Bonchev–Trinajstić information content (AvgIpc) is 2.75. The SMILES string of the molecule is CC(C)(C)c1cc(C=NC(C(=O)O)(c2ccccc2)c2ccccc2)c([O-])c(C(C)(C)C)c1.[K+]. The monoisotopic (exact) mass is 481 g/mol. The van der Waals surface area contributed by atoms with Crippen molar-refractivity contribution in [3.63, 3.8) is 0 Å². The largest absolute Gasteiger partial charge is 1.00 e. The Morgan fingerprint density at radius 1 is 0.794 bits per heavy atom. The van der Waals surface area contributed by atoms with E-state index in [0.29, 0.717) is 22.3 Å². The quantitative estimate of drug-likeness (QED) is 0.450. The van der Waals surface area contributed by atoms with E-state index in [1.807, 2.05) is 45.0 Å². The van der Waals surface area contributed by atoms with Gasteiger partial charge in [-0.15, -0.1) is 0 Å². The molecule has 0 bridgehead atoms. The fourth-order valence-electron chi connectivity index (χ4n) is 3.88. The fourth-order valence-corrected chi connectivity index (χ4v) is 3.88. The van der Waals surface area contributed by atoms with Crippen LogP contribution in [0.5, 0.6) is 5.75 Å². The number of hydrogen-bond acceptors (Lipinski definition) is 3. The molecular weight excluding hydrogens is 449 g/mol. The molecule has 3 rings (SSSR count). The zero-order chi connectivity index (χ0) is 24.4. The molecule has 0 atom stereocenters. The minimum atomic E-state index is -1.67. The zero-order valence-electron chi connectivity index (χ0n) is 21.2. The van der Waals surface area contributed by atoms with Gasteiger partial charge in [-0.2, -0.15) is 0 Å². The number of carboxylic acid groups (broad SMARTS) is 1. The third kappa shape index (κ3) is 5.89. The Morgan fingerprint density at radius 2 is 1.26 bits per heavy atom. The van der Waals surface area contributed by atoms with Crippen LogP contribution in [0.15, 0.2) is 77.8 Å². The van der Waals surface area contributed by atoms with Gasteiger partial charge >= 0.3 is 57.4 Å². The molecule has 0 saturated carbocycles. The van der Waals surface area contributed by atoms with Crippen LogP contribution in [-0.4, -0.2) is 17.3 Å². The van der Waals surface area contributed by atoms with Crippen molar-refractivity contribution < 1.29 is 66.4 Å². The van der Waals surface area contributed by atoms with Gasteiger partial charge in [-0.05, 0) is 38.6 Å². The van der Waals surface area contributed by atoms with E-state index < -0.39 is 11.5 Å². The van der Waals surface area contributed by atoms with Crippen molar-refractivity contribution in [3.05, 3.63) is 101 Å². The van der Waals surface area contributed by atoms with Gasteiger partial charge in [0.15, 0.2) is 0 Å². The minimum absolute atomic E-state index is 0. The van der Waals surface area contributed by atoms with Crippen LogP contribution in [0.4, 0.5) is 0 Å². The molecule has 3 aromatic carbocycles. The summed E-state index contributed by atoms with van der Waals surface area (Å²) in [6.45, 7) is 12.3. The smallest absolute Gasteiger partial charge is 0.872 e. The summed E-state index contributed by atoms with van der Waals surface area (Å²) >= 11 is 0. The number of carboxylic acids is 1. The molecule has 0 aliphatic heterocycles. The maximum absolute atomic E-state index is 13.4. The number of aliphatic carboxylic acids is 1. The molecule has 5 heteroatoms. The second kappa shape index (κ2) is 10.9. The molecule has 0 aliphatic carbocycles. The van der Waals surface area contributed by atoms with Crippen LogP contribution in [0.1, 0.15) is 69.4 Å². The molecule has 0 heterocycles. The third-order valence-electron chi connectivity index (χ3n) is 5.88. The Kier molecular flexibility index (Phi) is 9.11. The van der Waals surface area contributed by atoms with Crippen molar-refractivity contribution >= 4 is 12.2 Å². The van der Waals surface area contributed by atoms with Crippen molar-refractivity contribution in [1.82, 2.24) is 0 Å². The first-order valence-electron chi connectivity index (χ1n) is 11.1. The second-order valence-electron chi connectivity index (χ2n) is 10.4. The summed E-state index contributed by atoms with van der Waals surface area (Å²) < 4.78 is 0. The van der Waals surface area contributed by atoms with Crippen LogP contribution in [0.25, 0.3) is 0 Å². The number of hydrogen-bond donors (Lipinski definition) is 1. The van der Waals surface area contributed by atoms with Crippen molar-refractivity contribution in [1.29, 1.82) is 0 Å². The maximum Gasteiger partial charge on any atom is 1.00 e. The molecule has 4 nitrogen and oxygen atoms in total. The number of aliphatic imine (C=N–C) groups is 1. The third-order valence-corrected chi connectivity index (χ3v) is 5.88. The van der Waals surface area contributed by atoms with Crippen LogP contribution >= 0.6 is 0 Å². The van der Waals surface area contributed by atoms with Crippen LogP contribution in [0, 0.1) is 0 Å². The molecule has 0 radical (unpaired) electrons. The van der Waals surface area contributed by atoms with Gasteiger partial charge in [-0.1, -0.05) is 120 Å². The molecule has 0 amide bonds. The van der Waals surface area contributed by atoms with E-state index >= 15 is 0 Å². The van der Waals surface area contributed by atoms with Gasteiger partial charge < -0.3 is 10.2 Å². The fraction of sp³-hybridized carbons (Fsp3) is 0.310. The number of nitrogens with zero attached hydrogens (tertiary/aromatic N) is 1. The Hall–Kier alpha value is -1.76. The molecule has 0 unspecified atom stereocenters.